The summed E-state index contributed by atoms with van der Waals surface area (Å²) in [6, 6.07) is 13.1. The van der Waals surface area contributed by atoms with Crippen molar-refractivity contribution in [2.24, 2.45) is 0 Å². The van der Waals surface area contributed by atoms with Crippen LogP contribution in [0, 0.1) is 0 Å². The van der Waals surface area contributed by atoms with E-state index in [2.05, 4.69) is 20.5 Å². The Balaban J connectivity index is 1.68. The average Bonchev–Trinajstić information content (AvgIpc) is 3.03. The second-order valence-electron chi connectivity index (χ2n) is 4.30. The van der Waals surface area contributed by atoms with Gasteiger partial charge in [-0.1, -0.05) is 6.07 Å². The van der Waals surface area contributed by atoms with Crippen LogP contribution in [0.25, 0.3) is 11.5 Å². The first-order valence-corrected chi connectivity index (χ1v) is 6.47. The molecule has 0 spiro atoms. The minimum atomic E-state index is 0.431. The van der Waals surface area contributed by atoms with Gasteiger partial charge in [-0.3, -0.25) is 0 Å². The molecule has 0 unspecified atom stereocenters. The molecule has 1 aromatic carbocycles. The summed E-state index contributed by atoms with van der Waals surface area (Å²) < 4.78 is 10.7. The number of methoxy groups -OCH3 is 1. The number of nitrogens with one attached hydrogen (secondary N) is 1. The van der Waals surface area contributed by atoms with Crippen LogP contribution in [-0.4, -0.2) is 22.3 Å². The molecule has 0 aliphatic carbocycles. The second-order valence-corrected chi connectivity index (χ2v) is 4.30. The van der Waals surface area contributed by atoms with Gasteiger partial charge in [0.25, 0.3) is 0 Å². The van der Waals surface area contributed by atoms with Crippen molar-refractivity contribution in [2.75, 3.05) is 12.4 Å². The summed E-state index contributed by atoms with van der Waals surface area (Å²) in [6.07, 6.45) is 1.72. The Morgan fingerprint density at radius 2 is 1.95 bits per heavy atom. The third-order valence-electron chi connectivity index (χ3n) is 2.89. The highest BCUT2D eigenvalue weighted by atomic mass is 16.5. The van der Waals surface area contributed by atoms with Gasteiger partial charge in [-0.05, 0) is 36.4 Å². The highest BCUT2D eigenvalue weighted by Crippen LogP contribution is 2.21. The van der Waals surface area contributed by atoms with Crippen molar-refractivity contribution < 1.29 is 9.15 Å². The van der Waals surface area contributed by atoms with Crippen molar-refractivity contribution in [2.45, 2.75) is 6.54 Å². The number of anilines is 1. The number of nitrogens with zero attached hydrogens (tertiary/aromatic N) is 3. The van der Waals surface area contributed by atoms with Gasteiger partial charge in [-0.15, -0.1) is 10.2 Å². The van der Waals surface area contributed by atoms with Crippen LogP contribution in [0.5, 0.6) is 5.75 Å². The molecule has 2 heterocycles. The van der Waals surface area contributed by atoms with Crippen LogP contribution in [0.4, 0.5) is 5.82 Å². The molecule has 0 atom stereocenters. The first-order chi connectivity index (χ1) is 10.3. The normalized spacial score (nSPS) is 10.3. The first-order valence-electron chi connectivity index (χ1n) is 6.47. The van der Waals surface area contributed by atoms with Crippen molar-refractivity contribution >= 4 is 5.82 Å². The van der Waals surface area contributed by atoms with Gasteiger partial charge in [-0.2, -0.15) is 0 Å². The number of pyridine rings is 1. The number of aromatic nitrogens is 3. The van der Waals surface area contributed by atoms with E-state index in [-0.39, 0.29) is 0 Å². The minimum Gasteiger partial charge on any atom is -0.497 e. The van der Waals surface area contributed by atoms with Crippen LogP contribution < -0.4 is 10.1 Å². The number of ether oxygens (including phenoxy) is 1. The lowest BCUT2D eigenvalue weighted by Gasteiger charge is -2.01. The van der Waals surface area contributed by atoms with E-state index < -0.39 is 0 Å². The summed E-state index contributed by atoms with van der Waals surface area (Å²) in [7, 11) is 1.63. The van der Waals surface area contributed by atoms with Gasteiger partial charge in [0.15, 0.2) is 0 Å². The fraction of sp³-hybridized carbons (Fsp3) is 0.133. The highest BCUT2D eigenvalue weighted by molar-refractivity contribution is 5.54. The topological polar surface area (TPSA) is 73.1 Å². The molecule has 0 aliphatic heterocycles. The molecule has 0 saturated carbocycles. The van der Waals surface area contributed by atoms with Gasteiger partial charge >= 0.3 is 0 Å². The zero-order valence-corrected chi connectivity index (χ0v) is 11.5. The summed E-state index contributed by atoms with van der Waals surface area (Å²) in [5, 5.41) is 11.2. The molecule has 2 aromatic heterocycles. The number of rotatable bonds is 5. The fourth-order valence-electron chi connectivity index (χ4n) is 1.81. The van der Waals surface area contributed by atoms with E-state index in [1.54, 1.807) is 13.3 Å². The molecule has 106 valence electrons. The van der Waals surface area contributed by atoms with Gasteiger partial charge in [0.05, 0.1) is 13.7 Å². The Hall–Kier alpha value is -2.89. The van der Waals surface area contributed by atoms with Crippen LogP contribution >= 0.6 is 0 Å². The molecule has 1 N–H and O–H groups in total. The van der Waals surface area contributed by atoms with Crippen LogP contribution in [0.1, 0.15) is 5.89 Å². The van der Waals surface area contributed by atoms with Gasteiger partial charge in [0.1, 0.15) is 11.6 Å². The van der Waals surface area contributed by atoms with E-state index in [1.807, 2.05) is 42.5 Å². The fourth-order valence-corrected chi connectivity index (χ4v) is 1.81. The van der Waals surface area contributed by atoms with Crippen LogP contribution in [0.3, 0.4) is 0 Å². The maximum absolute atomic E-state index is 5.61. The van der Waals surface area contributed by atoms with E-state index in [9.17, 15) is 0 Å². The standard InChI is InChI=1S/C15H14N4O2/c1-20-12-7-5-11(6-8-12)15-19-18-14(21-15)10-17-13-4-2-3-9-16-13/h2-9H,10H2,1H3,(H,16,17). The largest absolute Gasteiger partial charge is 0.497 e. The Labute approximate surface area is 121 Å². The Bertz CT molecular complexity index is 695. The lowest BCUT2D eigenvalue weighted by atomic mass is 10.2. The smallest absolute Gasteiger partial charge is 0.247 e. The molecule has 6 nitrogen and oxygen atoms in total. The molecular formula is C15H14N4O2. The van der Waals surface area contributed by atoms with E-state index in [1.165, 1.54) is 0 Å². The van der Waals surface area contributed by atoms with Crippen molar-refractivity contribution in [3.8, 4) is 17.2 Å². The Morgan fingerprint density at radius 1 is 1.10 bits per heavy atom. The van der Waals surface area contributed by atoms with Crippen LogP contribution in [-0.2, 0) is 6.54 Å². The van der Waals surface area contributed by atoms with Gasteiger partial charge in [0, 0.05) is 11.8 Å². The molecule has 3 rings (SSSR count). The van der Waals surface area contributed by atoms with Crippen molar-refractivity contribution in [3.05, 3.63) is 54.6 Å². The maximum Gasteiger partial charge on any atom is 0.247 e. The zero-order valence-electron chi connectivity index (χ0n) is 11.5. The quantitative estimate of drug-likeness (QED) is 0.775. The predicted molar refractivity (Wildman–Crippen MR) is 77.8 cm³/mol. The summed E-state index contributed by atoms with van der Waals surface area (Å²) in [4.78, 5) is 4.16. The second kappa shape index (κ2) is 6.04. The van der Waals surface area contributed by atoms with E-state index in [0.717, 1.165) is 17.1 Å². The van der Waals surface area contributed by atoms with Crippen molar-refractivity contribution in [1.29, 1.82) is 0 Å². The Kier molecular flexibility index (Phi) is 3.77. The number of hydrogen-bond donors (Lipinski definition) is 1. The van der Waals surface area contributed by atoms with Crippen LogP contribution in [0.15, 0.2) is 53.1 Å². The predicted octanol–water partition coefficient (Wildman–Crippen LogP) is 2.75. The summed E-state index contributed by atoms with van der Waals surface area (Å²) in [6.45, 7) is 0.431. The first kappa shape index (κ1) is 13.1. The minimum absolute atomic E-state index is 0.431. The molecule has 0 aliphatic rings. The molecule has 0 radical (unpaired) electrons. The summed E-state index contributed by atoms with van der Waals surface area (Å²) >= 11 is 0. The van der Waals surface area contributed by atoms with Crippen molar-refractivity contribution in [3.63, 3.8) is 0 Å². The maximum atomic E-state index is 5.61. The highest BCUT2D eigenvalue weighted by Gasteiger charge is 2.08. The Morgan fingerprint density at radius 3 is 2.67 bits per heavy atom. The molecule has 3 aromatic rings. The average molecular weight is 282 g/mol. The summed E-state index contributed by atoms with van der Waals surface area (Å²) in [5.74, 6) is 2.54. The molecule has 0 fully saturated rings. The van der Waals surface area contributed by atoms with E-state index >= 15 is 0 Å². The summed E-state index contributed by atoms with van der Waals surface area (Å²) in [5.41, 5.74) is 0.854. The zero-order chi connectivity index (χ0) is 14.5. The molecular weight excluding hydrogens is 268 g/mol. The molecule has 0 amide bonds. The molecule has 21 heavy (non-hydrogen) atoms. The SMILES string of the molecule is COc1ccc(-c2nnc(CNc3ccccn3)o2)cc1. The van der Waals surface area contributed by atoms with Gasteiger partial charge in [-0.25, -0.2) is 4.98 Å². The number of hydrogen-bond acceptors (Lipinski definition) is 6. The number of benzene rings is 1. The lowest BCUT2D eigenvalue weighted by molar-refractivity contribution is 0.415. The molecule has 0 bridgehead atoms. The third kappa shape index (κ3) is 3.17. The van der Waals surface area contributed by atoms with E-state index in [0.29, 0.717) is 18.3 Å². The van der Waals surface area contributed by atoms with Crippen molar-refractivity contribution in [1.82, 2.24) is 15.2 Å². The van der Waals surface area contributed by atoms with Gasteiger partial charge < -0.3 is 14.5 Å². The van der Waals surface area contributed by atoms with E-state index in [4.69, 9.17) is 9.15 Å². The third-order valence-corrected chi connectivity index (χ3v) is 2.89. The molecule has 6 heteroatoms. The molecule has 0 saturated heterocycles. The van der Waals surface area contributed by atoms with Gasteiger partial charge in [0.2, 0.25) is 11.8 Å². The lowest BCUT2D eigenvalue weighted by Crippen LogP contribution is -2.00. The van der Waals surface area contributed by atoms with Crippen LogP contribution in [0.2, 0.25) is 0 Å². The monoisotopic (exact) mass is 282 g/mol.